The number of rotatable bonds is 4. The highest BCUT2D eigenvalue weighted by atomic mass is 16.5. The van der Waals surface area contributed by atoms with E-state index in [1.165, 1.54) is 0 Å². The van der Waals surface area contributed by atoms with Gasteiger partial charge in [-0.3, -0.25) is 0 Å². The van der Waals surface area contributed by atoms with Gasteiger partial charge >= 0.3 is 0 Å². The molecule has 1 fully saturated rings. The van der Waals surface area contributed by atoms with Crippen molar-refractivity contribution in [2.75, 3.05) is 26.3 Å². The molecule has 0 aromatic carbocycles. The van der Waals surface area contributed by atoms with Crippen LogP contribution in [0, 0.1) is 6.92 Å². The van der Waals surface area contributed by atoms with E-state index in [1.807, 2.05) is 13.0 Å². The van der Waals surface area contributed by atoms with Crippen molar-refractivity contribution in [3.63, 3.8) is 0 Å². The van der Waals surface area contributed by atoms with E-state index in [0.29, 0.717) is 18.4 Å². The summed E-state index contributed by atoms with van der Waals surface area (Å²) in [6.45, 7) is 9.13. The van der Waals surface area contributed by atoms with Crippen LogP contribution in [0.1, 0.15) is 31.3 Å². The molecule has 2 heterocycles. The Kier molecular flexibility index (Phi) is 4.49. The summed E-state index contributed by atoms with van der Waals surface area (Å²) < 4.78 is 11.3. The van der Waals surface area contributed by atoms with E-state index in [0.717, 1.165) is 31.2 Å². The van der Waals surface area contributed by atoms with Crippen molar-refractivity contribution in [1.29, 1.82) is 0 Å². The van der Waals surface area contributed by atoms with E-state index in [4.69, 9.17) is 9.47 Å². The standard InChI is InChI=1S/C13H21N3O2/c1-9(2)13-15-10(3)6-12(16-13)18-8-11-7-14-4-5-17-11/h6,9,11,14H,4-5,7-8H2,1-3H3. The van der Waals surface area contributed by atoms with Gasteiger partial charge in [-0.2, -0.15) is 4.98 Å². The molecule has 0 radical (unpaired) electrons. The van der Waals surface area contributed by atoms with E-state index in [1.54, 1.807) is 0 Å². The Labute approximate surface area is 108 Å². The second-order valence-corrected chi connectivity index (χ2v) is 4.87. The number of nitrogens with one attached hydrogen (secondary N) is 1. The molecule has 0 spiro atoms. The van der Waals surface area contributed by atoms with Crippen molar-refractivity contribution in [2.24, 2.45) is 0 Å². The Bertz CT molecular complexity index is 390. The molecule has 1 aliphatic heterocycles. The first-order valence-corrected chi connectivity index (χ1v) is 6.46. The summed E-state index contributed by atoms with van der Waals surface area (Å²) in [5.41, 5.74) is 0.936. The molecule has 1 aliphatic rings. The second kappa shape index (κ2) is 6.11. The Hall–Kier alpha value is -1.20. The second-order valence-electron chi connectivity index (χ2n) is 4.87. The summed E-state index contributed by atoms with van der Waals surface area (Å²) in [4.78, 5) is 8.80. The van der Waals surface area contributed by atoms with Gasteiger partial charge in [0.25, 0.3) is 0 Å². The third-order valence-corrected chi connectivity index (χ3v) is 2.79. The van der Waals surface area contributed by atoms with Gasteiger partial charge in [-0.15, -0.1) is 0 Å². The Morgan fingerprint density at radius 3 is 3.00 bits per heavy atom. The van der Waals surface area contributed by atoms with E-state index in [-0.39, 0.29) is 6.10 Å². The third kappa shape index (κ3) is 3.65. The minimum absolute atomic E-state index is 0.108. The van der Waals surface area contributed by atoms with E-state index < -0.39 is 0 Å². The SMILES string of the molecule is Cc1cc(OCC2CNCCO2)nc(C(C)C)n1. The average molecular weight is 251 g/mol. The number of hydrogen-bond donors (Lipinski definition) is 1. The maximum atomic E-state index is 5.70. The first-order valence-electron chi connectivity index (χ1n) is 6.46. The molecular formula is C13H21N3O2. The minimum atomic E-state index is 0.108. The number of ether oxygens (including phenoxy) is 2. The van der Waals surface area contributed by atoms with Gasteiger partial charge in [-0.1, -0.05) is 13.8 Å². The molecule has 0 saturated carbocycles. The molecule has 1 aromatic heterocycles. The molecule has 5 nitrogen and oxygen atoms in total. The number of aryl methyl sites for hydroxylation is 1. The maximum Gasteiger partial charge on any atom is 0.216 e. The number of morpholine rings is 1. The van der Waals surface area contributed by atoms with Gasteiger partial charge in [-0.05, 0) is 6.92 Å². The lowest BCUT2D eigenvalue weighted by molar-refractivity contribution is -0.000840. The highest BCUT2D eigenvalue weighted by molar-refractivity contribution is 5.16. The van der Waals surface area contributed by atoms with Gasteiger partial charge in [-0.25, -0.2) is 4.98 Å². The zero-order valence-corrected chi connectivity index (χ0v) is 11.3. The number of nitrogens with zero attached hydrogens (tertiary/aromatic N) is 2. The van der Waals surface area contributed by atoms with Crippen molar-refractivity contribution in [1.82, 2.24) is 15.3 Å². The van der Waals surface area contributed by atoms with Crippen molar-refractivity contribution in [2.45, 2.75) is 32.8 Å². The first kappa shape index (κ1) is 13.2. The third-order valence-electron chi connectivity index (χ3n) is 2.79. The smallest absolute Gasteiger partial charge is 0.216 e. The Morgan fingerprint density at radius 1 is 1.50 bits per heavy atom. The van der Waals surface area contributed by atoms with Crippen LogP contribution in [0.4, 0.5) is 0 Å². The predicted octanol–water partition coefficient (Wildman–Crippen LogP) is 1.28. The van der Waals surface area contributed by atoms with Crippen LogP contribution in [0.2, 0.25) is 0 Å². The van der Waals surface area contributed by atoms with Gasteiger partial charge in [0.1, 0.15) is 18.5 Å². The van der Waals surface area contributed by atoms with Crippen LogP contribution in [0.5, 0.6) is 5.88 Å². The summed E-state index contributed by atoms with van der Waals surface area (Å²) >= 11 is 0. The monoisotopic (exact) mass is 251 g/mol. The van der Waals surface area contributed by atoms with Gasteiger partial charge in [0.2, 0.25) is 5.88 Å². The highest BCUT2D eigenvalue weighted by Gasteiger charge is 2.15. The van der Waals surface area contributed by atoms with Crippen molar-refractivity contribution in [3.8, 4) is 5.88 Å². The summed E-state index contributed by atoms with van der Waals surface area (Å²) in [5.74, 6) is 1.77. The lowest BCUT2D eigenvalue weighted by atomic mass is 10.2. The van der Waals surface area contributed by atoms with Crippen LogP contribution in [0.3, 0.4) is 0 Å². The largest absolute Gasteiger partial charge is 0.475 e. The van der Waals surface area contributed by atoms with Gasteiger partial charge in [0.15, 0.2) is 0 Å². The molecule has 1 aromatic rings. The molecule has 0 bridgehead atoms. The summed E-state index contributed by atoms with van der Waals surface area (Å²) in [7, 11) is 0. The fourth-order valence-electron chi connectivity index (χ4n) is 1.80. The van der Waals surface area contributed by atoms with Crippen LogP contribution in [0.15, 0.2) is 6.07 Å². The Morgan fingerprint density at radius 2 is 2.33 bits per heavy atom. The van der Waals surface area contributed by atoms with E-state index >= 15 is 0 Å². The van der Waals surface area contributed by atoms with Crippen molar-refractivity contribution >= 4 is 0 Å². The van der Waals surface area contributed by atoms with Crippen molar-refractivity contribution in [3.05, 3.63) is 17.6 Å². The van der Waals surface area contributed by atoms with Crippen LogP contribution < -0.4 is 10.1 Å². The summed E-state index contributed by atoms with van der Waals surface area (Å²) in [5, 5.41) is 3.27. The maximum absolute atomic E-state index is 5.70. The fourth-order valence-corrected chi connectivity index (χ4v) is 1.80. The first-order chi connectivity index (χ1) is 8.65. The topological polar surface area (TPSA) is 56.3 Å². The molecule has 0 aliphatic carbocycles. The molecule has 18 heavy (non-hydrogen) atoms. The molecule has 2 rings (SSSR count). The zero-order chi connectivity index (χ0) is 13.0. The molecule has 1 atom stereocenters. The molecule has 1 saturated heterocycles. The van der Waals surface area contributed by atoms with Gasteiger partial charge in [0.05, 0.1) is 6.61 Å². The molecule has 1 unspecified atom stereocenters. The number of hydrogen-bond acceptors (Lipinski definition) is 5. The van der Waals surface area contributed by atoms with Crippen molar-refractivity contribution < 1.29 is 9.47 Å². The lowest BCUT2D eigenvalue weighted by Crippen LogP contribution is -2.41. The van der Waals surface area contributed by atoms with Gasteiger partial charge < -0.3 is 14.8 Å². The fraction of sp³-hybridized carbons (Fsp3) is 0.692. The normalized spacial score (nSPS) is 20.1. The van der Waals surface area contributed by atoms with Crippen LogP contribution in [-0.4, -0.2) is 42.4 Å². The van der Waals surface area contributed by atoms with E-state index in [2.05, 4.69) is 29.1 Å². The Balaban J connectivity index is 1.95. The van der Waals surface area contributed by atoms with E-state index in [9.17, 15) is 0 Å². The van der Waals surface area contributed by atoms with Crippen LogP contribution in [0.25, 0.3) is 0 Å². The molecule has 0 amide bonds. The average Bonchev–Trinajstić information content (AvgIpc) is 2.37. The lowest BCUT2D eigenvalue weighted by Gasteiger charge is -2.23. The minimum Gasteiger partial charge on any atom is -0.475 e. The number of aromatic nitrogens is 2. The van der Waals surface area contributed by atoms with Crippen LogP contribution in [-0.2, 0) is 4.74 Å². The van der Waals surface area contributed by atoms with Crippen LogP contribution >= 0.6 is 0 Å². The van der Waals surface area contributed by atoms with Gasteiger partial charge in [0, 0.05) is 30.8 Å². The molecule has 100 valence electrons. The molecule has 1 N–H and O–H groups in total. The zero-order valence-electron chi connectivity index (χ0n) is 11.3. The summed E-state index contributed by atoms with van der Waals surface area (Å²) in [6.07, 6.45) is 0.108. The molecular weight excluding hydrogens is 230 g/mol. The quantitative estimate of drug-likeness (QED) is 0.873. The predicted molar refractivity (Wildman–Crippen MR) is 69.0 cm³/mol. The molecule has 5 heteroatoms. The summed E-state index contributed by atoms with van der Waals surface area (Å²) in [6, 6.07) is 1.86. The highest BCUT2D eigenvalue weighted by Crippen LogP contribution is 2.15.